The third kappa shape index (κ3) is 2.78. The number of benzene rings is 1. The van der Waals surface area contributed by atoms with Crippen molar-refractivity contribution in [2.75, 3.05) is 13.7 Å². The number of rotatable bonds is 4. The van der Waals surface area contributed by atoms with Crippen LogP contribution in [0.1, 0.15) is 24.8 Å². The predicted octanol–water partition coefficient (Wildman–Crippen LogP) is 2.31. The van der Waals surface area contributed by atoms with E-state index in [1.807, 2.05) is 0 Å². The zero-order valence-corrected chi connectivity index (χ0v) is 13.8. The SMILES string of the molecule is COC(=O)C[C@]1(C(F)(F)F)N(Cc2ccccc2)C(=O)[C@@H]2CCCN21. The molecule has 3 rings (SSSR count). The molecule has 2 aliphatic heterocycles. The molecule has 0 N–H and O–H groups in total. The number of halogens is 3. The number of methoxy groups -OCH3 is 1. The third-order valence-electron chi connectivity index (χ3n) is 4.98. The van der Waals surface area contributed by atoms with E-state index in [1.54, 1.807) is 30.3 Å². The molecule has 0 saturated carbocycles. The minimum Gasteiger partial charge on any atom is -0.469 e. The lowest BCUT2D eigenvalue weighted by atomic mass is 10.0. The maximum Gasteiger partial charge on any atom is 0.426 e. The summed E-state index contributed by atoms with van der Waals surface area (Å²) in [5, 5.41) is 0. The van der Waals surface area contributed by atoms with Gasteiger partial charge in [-0.05, 0) is 18.4 Å². The molecule has 0 bridgehead atoms. The van der Waals surface area contributed by atoms with Gasteiger partial charge in [-0.25, -0.2) is 0 Å². The first-order chi connectivity index (χ1) is 11.8. The zero-order valence-electron chi connectivity index (χ0n) is 13.8. The first-order valence-corrected chi connectivity index (χ1v) is 8.07. The molecular formula is C17H19F3N2O3. The van der Waals surface area contributed by atoms with Crippen LogP contribution in [-0.4, -0.2) is 53.2 Å². The van der Waals surface area contributed by atoms with Gasteiger partial charge >= 0.3 is 12.1 Å². The Hall–Kier alpha value is -2.09. The number of hydrogen-bond acceptors (Lipinski definition) is 4. The molecule has 0 aliphatic carbocycles. The second kappa shape index (κ2) is 6.33. The van der Waals surface area contributed by atoms with Crippen molar-refractivity contribution in [2.24, 2.45) is 0 Å². The maximum atomic E-state index is 14.2. The summed E-state index contributed by atoms with van der Waals surface area (Å²) in [6.07, 6.45) is -4.86. The second-order valence-electron chi connectivity index (χ2n) is 6.33. The van der Waals surface area contributed by atoms with E-state index in [1.165, 1.54) is 0 Å². The van der Waals surface area contributed by atoms with E-state index in [4.69, 9.17) is 0 Å². The average Bonchev–Trinajstić information content (AvgIpc) is 3.13. The van der Waals surface area contributed by atoms with Crippen LogP contribution in [0.25, 0.3) is 0 Å². The number of amides is 1. The Morgan fingerprint density at radius 1 is 1.32 bits per heavy atom. The molecule has 25 heavy (non-hydrogen) atoms. The summed E-state index contributed by atoms with van der Waals surface area (Å²) >= 11 is 0. The van der Waals surface area contributed by atoms with Crippen molar-refractivity contribution < 1.29 is 27.5 Å². The maximum absolute atomic E-state index is 14.2. The second-order valence-corrected chi connectivity index (χ2v) is 6.33. The molecule has 2 saturated heterocycles. The van der Waals surface area contributed by atoms with Gasteiger partial charge in [-0.15, -0.1) is 0 Å². The van der Waals surface area contributed by atoms with Crippen molar-refractivity contribution in [1.82, 2.24) is 9.80 Å². The van der Waals surface area contributed by atoms with Crippen LogP contribution < -0.4 is 0 Å². The van der Waals surface area contributed by atoms with Crippen LogP contribution in [0.4, 0.5) is 13.2 Å². The van der Waals surface area contributed by atoms with Gasteiger partial charge in [-0.3, -0.25) is 14.5 Å². The lowest BCUT2D eigenvalue weighted by Crippen LogP contribution is -2.64. The van der Waals surface area contributed by atoms with Gasteiger partial charge in [0, 0.05) is 13.1 Å². The van der Waals surface area contributed by atoms with Gasteiger partial charge in [0.2, 0.25) is 11.6 Å². The van der Waals surface area contributed by atoms with Crippen molar-refractivity contribution in [1.29, 1.82) is 0 Å². The normalized spacial score (nSPS) is 26.8. The van der Waals surface area contributed by atoms with E-state index in [0.29, 0.717) is 18.4 Å². The van der Waals surface area contributed by atoms with Crippen molar-refractivity contribution in [3.63, 3.8) is 0 Å². The smallest absolute Gasteiger partial charge is 0.426 e. The summed E-state index contributed by atoms with van der Waals surface area (Å²) < 4.78 is 47.2. The fourth-order valence-electron chi connectivity index (χ4n) is 3.84. The van der Waals surface area contributed by atoms with E-state index >= 15 is 0 Å². The average molecular weight is 356 g/mol. The van der Waals surface area contributed by atoms with Gasteiger partial charge in [0.15, 0.2) is 0 Å². The Morgan fingerprint density at radius 3 is 2.60 bits per heavy atom. The fraction of sp³-hybridized carbons (Fsp3) is 0.529. The highest BCUT2D eigenvalue weighted by molar-refractivity contribution is 5.87. The van der Waals surface area contributed by atoms with E-state index in [-0.39, 0.29) is 13.1 Å². The molecule has 1 aromatic rings. The van der Waals surface area contributed by atoms with Crippen LogP contribution >= 0.6 is 0 Å². The first-order valence-electron chi connectivity index (χ1n) is 8.07. The molecule has 2 aliphatic rings. The van der Waals surface area contributed by atoms with E-state index in [9.17, 15) is 22.8 Å². The molecule has 0 radical (unpaired) electrons. The van der Waals surface area contributed by atoms with E-state index in [2.05, 4.69) is 4.74 Å². The van der Waals surface area contributed by atoms with Gasteiger partial charge < -0.3 is 9.64 Å². The topological polar surface area (TPSA) is 49.9 Å². The Labute approximate surface area is 143 Å². The van der Waals surface area contributed by atoms with Crippen molar-refractivity contribution in [3.05, 3.63) is 35.9 Å². The van der Waals surface area contributed by atoms with Crippen LogP contribution in [0.5, 0.6) is 0 Å². The number of carbonyl (C=O) groups excluding carboxylic acids is 2. The molecule has 0 unspecified atom stereocenters. The summed E-state index contributed by atoms with van der Waals surface area (Å²) in [4.78, 5) is 26.5. The fourth-order valence-corrected chi connectivity index (χ4v) is 3.84. The number of nitrogens with zero attached hydrogens (tertiary/aromatic N) is 2. The monoisotopic (exact) mass is 356 g/mol. The van der Waals surface area contributed by atoms with E-state index < -0.39 is 36.2 Å². The Morgan fingerprint density at radius 2 is 2.00 bits per heavy atom. The Kier molecular flexibility index (Phi) is 4.49. The molecule has 2 heterocycles. The minimum atomic E-state index is -4.79. The standard InChI is InChI=1S/C17H19F3N2O3/c1-25-14(23)10-16(17(18,19)20)21-9-5-8-13(21)15(24)22(16)11-12-6-3-2-4-7-12/h2-4,6-7,13H,5,8-11H2,1H3/t13-,16+/m0/s1. The number of esters is 1. The molecule has 1 aromatic carbocycles. The summed E-state index contributed by atoms with van der Waals surface area (Å²) in [5.74, 6) is -1.57. The summed E-state index contributed by atoms with van der Waals surface area (Å²) in [6, 6.07) is 7.64. The molecule has 0 aromatic heterocycles. The Balaban J connectivity index is 2.07. The molecule has 5 nitrogen and oxygen atoms in total. The predicted molar refractivity (Wildman–Crippen MR) is 82.1 cm³/mol. The van der Waals surface area contributed by atoms with Crippen LogP contribution in [0.3, 0.4) is 0 Å². The molecule has 2 atom stereocenters. The molecule has 0 spiro atoms. The highest BCUT2D eigenvalue weighted by Crippen LogP contribution is 2.50. The van der Waals surface area contributed by atoms with Crippen LogP contribution in [0.15, 0.2) is 30.3 Å². The first kappa shape index (κ1) is 17.7. The molecule has 136 valence electrons. The lowest BCUT2D eigenvalue weighted by molar-refractivity contribution is -0.267. The number of hydrogen-bond donors (Lipinski definition) is 0. The number of ether oxygens (including phenoxy) is 1. The van der Waals surface area contributed by atoms with Gasteiger partial charge in [-0.2, -0.15) is 13.2 Å². The summed E-state index contributed by atoms with van der Waals surface area (Å²) in [6.45, 7) is -0.0820. The molecular weight excluding hydrogens is 337 g/mol. The number of carbonyl (C=O) groups is 2. The van der Waals surface area contributed by atoms with Gasteiger partial charge in [0.05, 0.1) is 19.6 Å². The van der Waals surface area contributed by atoms with E-state index in [0.717, 1.165) is 16.9 Å². The third-order valence-corrected chi connectivity index (χ3v) is 4.98. The highest BCUT2D eigenvalue weighted by Gasteiger charge is 2.71. The number of alkyl halides is 3. The number of fused-ring (bicyclic) bond motifs is 1. The zero-order chi connectivity index (χ0) is 18.2. The quantitative estimate of drug-likeness (QED) is 0.777. The summed E-state index contributed by atoms with van der Waals surface area (Å²) in [7, 11) is 1.05. The molecule has 8 heteroatoms. The highest BCUT2D eigenvalue weighted by atomic mass is 19.4. The largest absolute Gasteiger partial charge is 0.469 e. The van der Waals surface area contributed by atoms with Gasteiger partial charge in [-0.1, -0.05) is 30.3 Å². The van der Waals surface area contributed by atoms with Crippen molar-refractivity contribution >= 4 is 11.9 Å². The molecule has 2 fully saturated rings. The van der Waals surface area contributed by atoms with Crippen LogP contribution in [0, 0.1) is 0 Å². The van der Waals surface area contributed by atoms with Crippen LogP contribution in [0.2, 0.25) is 0 Å². The van der Waals surface area contributed by atoms with Gasteiger partial charge in [0.1, 0.15) is 0 Å². The lowest BCUT2D eigenvalue weighted by Gasteiger charge is -2.43. The van der Waals surface area contributed by atoms with Crippen molar-refractivity contribution in [2.45, 2.75) is 43.7 Å². The minimum absolute atomic E-state index is 0.123. The summed E-state index contributed by atoms with van der Waals surface area (Å²) in [5.41, 5.74) is -2.08. The van der Waals surface area contributed by atoms with Gasteiger partial charge in [0.25, 0.3) is 0 Å². The molecule has 1 amide bonds. The van der Waals surface area contributed by atoms with Crippen LogP contribution in [-0.2, 0) is 20.9 Å². The van der Waals surface area contributed by atoms with Crippen molar-refractivity contribution in [3.8, 4) is 0 Å². The Bertz CT molecular complexity index is 665.